The molecule has 1 aromatic heterocycles. The zero-order valence-electron chi connectivity index (χ0n) is 18.7. The van der Waals surface area contributed by atoms with Crippen molar-refractivity contribution in [3.05, 3.63) is 127 Å². The summed E-state index contributed by atoms with van der Waals surface area (Å²) in [5.41, 5.74) is 4.60. The van der Waals surface area contributed by atoms with Gasteiger partial charge in [0.1, 0.15) is 5.69 Å². The van der Waals surface area contributed by atoms with Crippen molar-refractivity contribution in [2.75, 3.05) is 5.32 Å². The monoisotopic (exact) mass is 461 g/mol. The lowest BCUT2D eigenvalue weighted by Crippen LogP contribution is -2.14. The number of hydrogen-bond donors (Lipinski definition) is 1. The van der Waals surface area contributed by atoms with Crippen LogP contribution < -0.4 is 5.32 Å². The molecule has 34 heavy (non-hydrogen) atoms. The summed E-state index contributed by atoms with van der Waals surface area (Å²) < 4.78 is 1.84. The van der Waals surface area contributed by atoms with Gasteiger partial charge in [-0.15, -0.1) is 0 Å². The Balaban J connectivity index is 1.54. The van der Waals surface area contributed by atoms with Crippen LogP contribution in [0.2, 0.25) is 0 Å². The number of benzene rings is 4. The minimum absolute atomic E-state index is 0.181. The fraction of sp³-hybridized carbons (Fsp3) is 0.0345. The molecular weight excluding hydrogens is 438 g/mol. The number of carbonyl (C=O) groups excluding carboxylic acids is 1. The number of para-hydroxylation sites is 2. The van der Waals surface area contributed by atoms with Gasteiger partial charge in [0.15, 0.2) is 0 Å². The Kier molecular flexibility index (Phi) is 6.27. The second kappa shape index (κ2) is 9.81. The van der Waals surface area contributed by atoms with Crippen LogP contribution >= 0.6 is 11.8 Å². The summed E-state index contributed by atoms with van der Waals surface area (Å²) in [7, 11) is 0. The summed E-state index contributed by atoms with van der Waals surface area (Å²) >= 11 is 1.62. The van der Waals surface area contributed by atoms with Gasteiger partial charge in [-0.3, -0.25) is 4.79 Å². The predicted molar refractivity (Wildman–Crippen MR) is 139 cm³/mol. The first-order chi connectivity index (χ1) is 16.7. The number of rotatable bonds is 6. The lowest BCUT2D eigenvalue weighted by molar-refractivity contribution is 0.102. The van der Waals surface area contributed by atoms with Crippen LogP contribution in [0.4, 0.5) is 5.69 Å². The van der Waals surface area contributed by atoms with Gasteiger partial charge < -0.3 is 5.32 Å². The SMILES string of the molecule is Cc1c(C(=O)Nc2ccccc2Sc2ccccc2)c(-c2ccccc2)nn1-c1ccccc1. The highest BCUT2D eigenvalue weighted by Crippen LogP contribution is 2.34. The maximum Gasteiger partial charge on any atom is 0.259 e. The van der Waals surface area contributed by atoms with E-state index in [2.05, 4.69) is 17.4 Å². The third-order valence-corrected chi connectivity index (χ3v) is 6.58. The first-order valence-corrected chi connectivity index (χ1v) is 11.9. The summed E-state index contributed by atoms with van der Waals surface area (Å²) in [6.45, 7) is 1.94. The average Bonchev–Trinajstić information content (AvgIpc) is 3.24. The molecule has 0 aliphatic carbocycles. The summed E-state index contributed by atoms with van der Waals surface area (Å²) in [4.78, 5) is 15.8. The number of amides is 1. The fourth-order valence-corrected chi connectivity index (χ4v) is 4.77. The largest absolute Gasteiger partial charge is 0.321 e. The number of anilines is 1. The van der Waals surface area contributed by atoms with Crippen LogP contribution in [0, 0.1) is 6.92 Å². The molecule has 0 radical (unpaired) electrons. The molecule has 0 bridgehead atoms. The maximum absolute atomic E-state index is 13.7. The van der Waals surface area contributed by atoms with Gasteiger partial charge >= 0.3 is 0 Å². The van der Waals surface area contributed by atoms with Gasteiger partial charge in [0, 0.05) is 15.4 Å². The van der Waals surface area contributed by atoms with Crippen molar-refractivity contribution in [1.82, 2.24) is 9.78 Å². The highest BCUT2D eigenvalue weighted by atomic mass is 32.2. The molecule has 4 nitrogen and oxygen atoms in total. The zero-order chi connectivity index (χ0) is 23.3. The van der Waals surface area contributed by atoms with Crippen LogP contribution in [0.1, 0.15) is 16.1 Å². The highest BCUT2D eigenvalue weighted by Gasteiger charge is 2.24. The molecule has 0 spiro atoms. The van der Waals surface area contributed by atoms with Crippen LogP contribution in [0.5, 0.6) is 0 Å². The Morgan fingerprint density at radius 3 is 2.06 bits per heavy atom. The van der Waals surface area contributed by atoms with E-state index in [4.69, 9.17) is 5.10 Å². The van der Waals surface area contributed by atoms with Gasteiger partial charge in [-0.2, -0.15) is 5.10 Å². The molecule has 0 aliphatic heterocycles. The molecule has 5 heteroatoms. The van der Waals surface area contributed by atoms with Crippen molar-refractivity contribution >= 4 is 23.4 Å². The van der Waals surface area contributed by atoms with Crippen molar-refractivity contribution in [2.24, 2.45) is 0 Å². The number of nitrogens with one attached hydrogen (secondary N) is 1. The van der Waals surface area contributed by atoms with E-state index in [1.165, 1.54) is 0 Å². The lowest BCUT2D eigenvalue weighted by Gasteiger charge is -2.12. The second-order valence-corrected chi connectivity index (χ2v) is 8.90. The average molecular weight is 462 g/mol. The molecule has 0 saturated heterocycles. The Labute approximate surface area is 203 Å². The first-order valence-electron chi connectivity index (χ1n) is 11.0. The van der Waals surface area contributed by atoms with Gasteiger partial charge in [0.2, 0.25) is 0 Å². The Hall–Kier alpha value is -4.09. The quantitative estimate of drug-likeness (QED) is 0.290. The van der Waals surface area contributed by atoms with Gasteiger partial charge in [0.25, 0.3) is 5.91 Å². The van der Waals surface area contributed by atoms with Gasteiger partial charge in [-0.05, 0) is 43.3 Å². The highest BCUT2D eigenvalue weighted by molar-refractivity contribution is 7.99. The fourth-order valence-electron chi connectivity index (χ4n) is 3.85. The minimum atomic E-state index is -0.181. The molecule has 1 heterocycles. The van der Waals surface area contributed by atoms with Gasteiger partial charge in [-0.1, -0.05) is 90.6 Å². The van der Waals surface area contributed by atoms with E-state index >= 15 is 0 Å². The predicted octanol–water partition coefficient (Wildman–Crippen LogP) is 7.25. The molecule has 0 atom stereocenters. The molecule has 4 aromatic carbocycles. The van der Waals surface area contributed by atoms with E-state index in [-0.39, 0.29) is 5.91 Å². The van der Waals surface area contributed by atoms with Crippen LogP contribution in [0.25, 0.3) is 16.9 Å². The Bertz CT molecular complexity index is 1410. The van der Waals surface area contributed by atoms with Crippen molar-refractivity contribution < 1.29 is 4.79 Å². The van der Waals surface area contributed by atoms with E-state index in [0.717, 1.165) is 32.4 Å². The van der Waals surface area contributed by atoms with Crippen molar-refractivity contribution in [3.63, 3.8) is 0 Å². The number of nitrogens with zero attached hydrogens (tertiary/aromatic N) is 2. The number of aromatic nitrogens is 2. The van der Waals surface area contributed by atoms with E-state index in [9.17, 15) is 4.79 Å². The third kappa shape index (κ3) is 4.51. The number of hydrogen-bond acceptors (Lipinski definition) is 3. The summed E-state index contributed by atoms with van der Waals surface area (Å²) in [5, 5.41) is 8.00. The van der Waals surface area contributed by atoms with E-state index in [0.29, 0.717) is 11.3 Å². The topological polar surface area (TPSA) is 46.9 Å². The molecule has 5 aromatic rings. The van der Waals surface area contributed by atoms with Gasteiger partial charge in [-0.25, -0.2) is 4.68 Å². The summed E-state index contributed by atoms with van der Waals surface area (Å²) in [6.07, 6.45) is 0. The molecule has 1 N–H and O–H groups in total. The third-order valence-electron chi connectivity index (χ3n) is 5.50. The standard InChI is InChI=1S/C29H23N3OS/c1-21-27(28(22-13-5-2-6-14-22)31-32(21)23-15-7-3-8-16-23)29(33)30-25-19-11-12-20-26(25)34-24-17-9-4-10-18-24/h2-20H,1H3,(H,30,33). The van der Waals surface area contributed by atoms with E-state index < -0.39 is 0 Å². The second-order valence-electron chi connectivity index (χ2n) is 7.79. The maximum atomic E-state index is 13.7. The smallest absolute Gasteiger partial charge is 0.259 e. The Morgan fingerprint density at radius 2 is 1.35 bits per heavy atom. The zero-order valence-corrected chi connectivity index (χ0v) is 19.5. The van der Waals surface area contributed by atoms with Gasteiger partial charge in [0.05, 0.1) is 22.6 Å². The Morgan fingerprint density at radius 1 is 0.765 bits per heavy atom. The van der Waals surface area contributed by atoms with Crippen LogP contribution in [-0.4, -0.2) is 15.7 Å². The van der Waals surface area contributed by atoms with Crippen molar-refractivity contribution in [3.8, 4) is 16.9 Å². The summed E-state index contributed by atoms with van der Waals surface area (Å²) in [5.74, 6) is -0.181. The first kappa shape index (κ1) is 21.7. The molecule has 166 valence electrons. The molecular formula is C29H23N3OS. The molecule has 0 aliphatic rings. The molecule has 0 saturated carbocycles. The molecule has 0 unspecified atom stereocenters. The van der Waals surface area contributed by atoms with Crippen LogP contribution in [0.3, 0.4) is 0 Å². The molecule has 5 rings (SSSR count). The molecule has 1 amide bonds. The molecule has 0 fully saturated rings. The number of carbonyl (C=O) groups is 1. The van der Waals surface area contributed by atoms with Crippen molar-refractivity contribution in [2.45, 2.75) is 16.7 Å². The van der Waals surface area contributed by atoms with E-state index in [1.807, 2.05) is 115 Å². The van der Waals surface area contributed by atoms with Crippen molar-refractivity contribution in [1.29, 1.82) is 0 Å². The minimum Gasteiger partial charge on any atom is -0.321 e. The summed E-state index contributed by atoms with van der Waals surface area (Å²) in [6, 6.07) is 37.7. The normalized spacial score (nSPS) is 10.7. The van der Waals surface area contributed by atoms with E-state index in [1.54, 1.807) is 11.8 Å². The van der Waals surface area contributed by atoms with Crippen LogP contribution in [-0.2, 0) is 0 Å². The lowest BCUT2D eigenvalue weighted by atomic mass is 10.1. The van der Waals surface area contributed by atoms with Crippen LogP contribution in [0.15, 0.2) is 125 Å².